The number of piperidine rings is 1. The first-order valence-electron chi connectivity index (χ1n) is 8.80. The van der Waals surface area contributed by atoms with Crippen molar-refractivity contribution >= 4 is 15.9 Å². The molecule has 6 nitrogen and oxygen atoms in total. The first-order chi connectivity index (χ1) is 12.3. The van der Waals surface area contributed by atoms with E-state index < -0.39 is 21.7 Å². The summed E-state index contributed by atoms with van der Waals surface area (Å²) in [6.45, 7) is 1.87. The molecule has 0 unspecified atom stereocenters. The summed E-state index contributed by atoms with van der Waals surface area (Å²) >= 11 is 0. The van der Waals surface area contributed by atoms with Gasteiger partial charge in [-0.15, -0.1) is 0 Å². The Morgan fingerprint density at radius 3 is 2.62 bits per heavy atom. The molecule has 8 heteroatoms. The second-order valence-corrected chi connectivity index (χ2v) is 9.32. The Bertz CT molecular complexity index is 774. The van der Waals surface area contributed by atoms with Crippen LogP contribution in [0.5, 0.6) is 0 Å². The van der Waals surface area contributed by atoms with Crippen molar-refractivity contribution in [1.82, 2.24) is 4.90 Å². The van der Waals surface area contributed by atoms with E-state index in [9.17, 15) is 17.6 Å². The molecule has 1 saturated carbocycles. The highest BCUT2D eigenvalue weighted by Crippen LogP contribution is 2.48. The van der Waals surface area contributed by atoms with Gasteiger partial charge in [-0.2, -0.15) is 0 Å². The van der Waals surface area contributed by atoms with Gasteiger partial charge in [-0.1, -0.05) is 6.07 Å². The fourth-order valence-electron chi connectivity index (χ4n) is 3.75. The second kappa shape index (κ2) is 7.52. The van der Waals surface area contributed by atoms with Crippen LogP contribution >= 0.6 is 0 Å². The average molecular weight is 385 g/mol. The molecule has 3 rings (SSSR count). The van der Waals surface area contributed by atoms with Gasteiger partial charge in [0.25, 0.3) is 0 Å². The fourth-order valence-corrected chi connectivity index (χ4v) is 4.39. The number of hydrogen-bond acceptors (Lipinski definition) is 4. The minimum absolute atomic E-state index is 0.0336. The van der Waals surface area contributed by atoms with Gasteiger partial charge in [-0.05, 0) is 49.1 Å². The van der Waals surface area contributed by atoms with Crippen LogP contribution < -0.4 is 0 Å². The zero-order chi connectivity index (χ0) is 18.9. The molecular weight excluding hydrogens is 361 g/mol. The Morgan fingerprint density at radius 2 is 2.04 bits per heavy atom. The van der Waals surface area contributed by atoms with Crippen LogP contribution in [0.1, 0.15) is 24.8 Å². The van der Waals surface area contributed by atoms with Crippen molar-refractivity contribution in [3.8, 4) is 0 Å². The van der Waals surface area contributed by atoms with Crippen molar-refractivity contribution in [3.63, 3.8) is 0 Å². The third-order valence-electron chi connectivity index (χ3n) is 5.44. The molecule has 1 aromatic carbocycles. The summed E-state index contributed by atoms with van der Waals surface area (Å²) in [6, 6.07) is 3.88. The first-order valence-corrected chi connectivity index (χ1v) is 10.7. The van der Waals surface area contributed by atoms with Crippen LogP contribution in [0.15, 0.2) is 23.1 Å². The highest BCUT2D eigenvalue weighted by atomic mass is 32.2. The van der Waals surface area contributed by atoms with Crippen molar-refractivity contribution in [2.24, 2.45) is 17.8 Å². The molecule has 1 heterocycles. The summed E-state index contributed by atoms with van der Waals surface area (Å²) in [7, 11) is -3.42. The highest BCUT2D eigenvalue weighted by molar-refractivity contribution is 7.90. The molecule has 26 heavy (non-hydrogen) atoms. The summed E-state index contributed by atoms with van der Waals surface area (Å²) in [4.78, 5) is 12.4. The van der Waals surface area contributed by atoms with Crippen LogP contribution in [-0.4, -0.2) is 50.5 Å². The quantitative estimate of drug-likeness (QED) is 0.814. The molecule has 0 radical (unpaired) electrons. The predicted octanol–water partition coefficient (Wildman–Crippen LogP) is 2.77. The lowest BCUT2D eigenvalue weighted by Gasteiger charge is -2.30. The van der Waals surface area contributed by atoms with Gasteiger partial charge in [0.05, 0.1) is 18.1 Å². The molecule has 0 spiro atoms. The van der Waals surface area contributed by atoms with E-state index >= 15 is 0 Å². The summed E-state index contributed by atoms with van der Waals surface area (Å²) in [6.07, 6.45) is 3.08. The maximum atomic E-state index is 14.0. The number of benzene rings is 1. The van der Waals surface area contributed by atoms with E-state index in [1.54, 1.807) is 0 Å². The first kappa shape index (κ1) is 19.1. The number of carbonyl (C=O) groups is 1. The molecule has 0 bridgehead atoms. The van der Waals surface area contributed by atoms with Gasteiger partial charge in [0, 0.05) is 24.9 Å². The number of carboxylic acid groups (broad SMARTS) is 1. The zero-order valence-corrected chi connectivity index (χ0v) is 15.5. The number of hydrogen-bond donors (Lipinski definition) is 1. The minimum Gasteiger partial charge on any atom is -0.465 e. The molecular formula is C18H24FNO5S. The lowest BCUT2D eigenvalue weighted by molar-refractivity contribution is 0.0952. The van der Waals surface area contributed by atoms with E-state index in [2.05, 4.69) is 0 Å². The number of sulfone groups is 1. The number of ether oxygens (including phenoxy) is 1. The molecule has 2 aliphatic rings. The van der Waals surface area contributed by atoms with Gasteiger partial charge in [-0.3, -0.25) is 0 Å². The molecule has 1 amide bonds. The Hall–Kier alpha value is -1.67. The highest BCUT2D eigenvalue weighted by Gasteiger charge is 2.43. The summed E-state index contributed by atoms with van der Waals surface area (Å²) in [5, 5.41) is 8.98. The van der Waals surface area contributed by atoms with Crippen molar-refractivity contribution in [1.29, 1.82) is 0 Å². The number of rotatable bonds is 6. The van der Waals surface area contributed by atoms with E-state index in [-0.39, 0.29) is 11.5 Å². The standard InChI is InChI=1S/C18H24FNO5S/c1-26(23,24)15-3-2-13(17(19)9-15)10-25-11-14-8-16(14)12-4-6-20(7-5-12)18(21)22/h2-3,9,12,14,16H,4-8,10-11H2,1H3,(H,21,22)/t14-,16+/m0/s1. The molecule has 1 aliphatic carbocycles. The van der Waals surface area contributed by atoms with Crippen molar-refractivity contribution in [3.05, 3.63) is 29.6 Å². The van der Waals surface area contributed by atoms with Crippen molar-refractivity contribution in [2.45, 2.75) is 30.8 Å². The van der Waals surface area contributed by atoms with E-state index in [1.165, 1.54) is 17.0 Å². The normalized spacial score (nSPS) is 23.8. The summed E-state index contributed by atoms with van der Waals surface area (Å²) < 4.78 is 42.5. The summed E-state index contributed by atoms with van der Waals surface area (Å²) in [5.74, 6) is 1.00. The van der Waals surface area contributed by atoms with Crippen LogP contribution in [0.4, 0.5) is 9.18 Å². The molecule has 1 N–H and O–H groups in total. The summed E-state index contributed by atoms with van der Waals surface area (Å²) in [5.41, 5.74) is 0.351. The maximum absolute atomic E-state index is 14.0. The molecule has 2 atom stereocenters. The lowest BCUT2D eigenvalue weighted by Crippen LogP contribution is -2.38. The maximum Gasteiger partial charge on any atom is 0.407 e. The van der Waals surface area contributed by atoms with E-state index in [0.717, 1.165) is 31.6 Å². The lowest BCUT2D eigenvalue weighted by atomic mass is 9.91. The van der Waals surface area contributed by atoms with E-state index in [0.29, 0.717) is 43.0 Å². The zero-order valence-electron chi connectivity index (χ0n) is 14.7. The van der Waals surface area contributed by atoms with Gasteiger partial charge in [0.2, 0.25) is 0 Å². The monoisotopic (exact) mass is 385 g/mol. The number of nitrogens with zero attached hydrogens (tertiary/aromatic N) is 1. The van der Waals surface area contributed by atoms with Crippen molar-refractivity contribution in [2.75, 3.05) is 26.0 Å². The topological polar surface area (TPSA) is 83.9 Å². The Balaban J connectivity index is 1.42. The Kier molecular flexibility index (Phi) is 5.53. The van der Waals surface area contributed by atoms with Crippen molar-refractivity contribution < 1.29 is 27.4 Å². The van der Waals surface area contributed by atoms with Gasteiger partial charge in [0.1, 0.15) is 5.82 Å². The van der Waals surface area contributed by atoms with Gasteiger partial charge in [0.15, 0.2) is 9.84 Å². The Morgan fingerprint density at radius 1 is 1.35 bits per heavy atom. The molecule has 1 aromatic rings. The molecule has 1 aliphatic heterocycles. The fraction of sp³-hybridized carbons (Fsp3) is 0.611. The Labute approximate surface area is 152 Å². The molecule has 0 aromatic heterocycles. The third kappa shape index (κ3) is 4.54. The van der Waals surface area contributed by atoms with E-state index in [4.69, 9.17) is 9.84 Å². The second-order valence-electron chi connectivity index (χ2n) is 7.31. The molecule has 144 valence electrons. The van der Waals surface area contributed by atoms with E-state index in [1.807, 2.05) is 0 Å². The van der Waals surface area contributed by atoms with Gasteiger partial charge >= 0.3 is 6.09 Å². The number of amides is 1. The SMILES string of the molecule is CS(=O)(=O)c1ccc(COC[C@@H]2C[C@@H]2C2CCN(C(=O)O)CC2)c(F)c1. The molecule has 2 fully saturated rings. The number of halogens is 1. The van der Waals surface area contributed by atoms with Crippen LogP contribution in [0, 0.1) is 23.6 Å². The largest absolute Gasteiger partial charge is 0.465 e. The smallest absolute Gasteiger partial charge is 0.407 e. The predicted molar refractivity (Wildman–Crippen MR) is 93.1 cm³/mol. The van der Waals surface area contributed by atoms with Gasteiger partial charge < -0.3 is 14.7 Å². The van der Waals surface area contributed by atoms with Crippen LogP contribution in [-0.2, 0) is 21.2 Å². The minimum atomic E-state index is -3.42. The molecule has 1 saturated heterocycles. The number of likely N-dealkylation sites (tertiary alicyclic amines) is 1. The van der Waals surface area contributed by atoms with Crippen LogP contribution in [0.25, 0.3) is 0 Å². The van der Waals surface area contributed by atoms with Crippen LogP contribution in [0.2, 0.25) is 0 Å². The van der Waals surface area contributed by atoms with Gasteiger partial charge in [-0.25, -0.2) is 17.6 Å². The van der Waals surface area contributed by atoms with Crippen LogP contribution in [0.3, 0.4) is 0 Å². The average Bonchev–Trinajstić information content (AvgIpc) is 3.35. The third-order valence-corrected chi connectivity index (χ3v) is 6.55.